The number of carbonyl (C=O) groups is 1. The molecule has 4 nitrogen and oxygen atoms in total. The lowest BCUT2D eigenvalue weighted by Gasteiger charge is -2.07. The smallest absolute Gasteiger partial charge is 0.310 e. The summed E-state index contributed by atoms with van der Waals surface area (Å²) >= 11 is 1.05. The molecule has 0 atom stereocenters. The zero-order valence-corrected chi connectivity index (χ0v) is 12.3. The summed E-state index contributed by atoms with van der Waals surface area (Å²) in [6, 6.07) is 7.41. The second-order valence-corrected chi connectivity index (χ2v) is 5.38. The molecule has 0 bridgehead atoms. The van der Waals surface area contributed by atoms with Crippen LogP contribution in [0.3, 0.4) is 0 Å². The first-order valence-corrected chi connectivity index (χ1v) is 7.23. The number of halogens is 3. The van der Waals surface area contributed by atoms with Crippen LogP contribution in [-0.4, -0.2) is 21.6 Å². The third-order valence-corrected chi connectivity index (χ3v) is 3.51. The number of thioether (sulfide) groups is 1. The van der Waals surface area contributed by atoms with Crippen molar-refractivity contribution in [3.05, 3.63) is 47.8 Å². The van der Waals surface area contributed by atoms with E-state index >= 15 is 0 Å². The van der Waals surface area contributed by atoms with Crippen molar-refractivity contribution in [2.24, 2.45) is 0 Å². The van der Waals surface area contributed by atoms with Gasteiger partial charge in [0.1, 0.15) is 5.82 Å². The van der Waals surface area contributed by atoms with Crippen LogP contribution in [0.5, 0.6) is 0 Å². The van der Waals surface area contributed by atoms with Gasteiger partial charge in [-0.15, -0.1) is 0 Å². The van der Waals surface area contributed by atoms with E-state index in [1.807, 2.05) is 0 Å². The van der Waals surface area contributed by atoms with Gasteiger partial charge in [-0.2, -0.15) is 13.2 Å². The highest BCUT2D eigenvalue weighted by Crippen LogP contribution is 2.29. The lowest BCUT2D eigenvalue weighted by molar-refractivity contribution is -0.137. The Morgan fingerprint density at radius 2 is 2.05 bits per heavy atom. The average molecular weight is 327 g/mol. The van der Waals surface area contributed by atoms with Gasteiger partial charge in [0.15, 0.2) is 0 Å². The van der Waals surface area contributed by atoms with Gasteiger partial charge in [-0.05, 0) is 31.2 Å². The number of nitrogens with one attached hydrogen (secondary N) is 1. The van der Waals surface area contributed by atoms with E-state index in [0.29, 0.717) is 10.8 Å². The second kappa shape index (κ2) is 6.78. The van der Waals surface area contributed by atoms with E-state index < -0.39 is 11.7 Å². The SMILES string of the molecule is Cc1cccc(NC(=O)CSc2ccc(C(F)(F)F)cn2)n1. The molecule has 0 fully saturated rings. The van der Waals surface area contributed by atoms with Gasteiger partial charge in [0.05, 0.1) is 16.3 Å². The molecule has 0 spiro atoms. The van der Waals surface area contributed by atoms with Gasteiger partial charge in [-0.3, -0.25) is 4.79 Å². The van der Waals surface area contributed by atoms with Gasteiger partial charge in [-0.25, -0.2) is 9.97 Å². The Balaban J connectivity index is 1.88. The maximum atomic E-state index is 12.4. The monoisotopic (exact) mass is 327 g/mol. The Bertz CT molecular complexity index is 659. The molecular formula is C14H12F3N3OS. The molecule has 116 valence electrons. The molecule has 0 aliphatic carbocycles. The molecule has 2 heterocycles. The number of anilines is 1. The number of aryl methyl sites for hydroxylation is 1. The highest BCUT2D eigenvalue weighted by Gasteiger charge is 2.30. The summed E-state index contributed by atoms with van der Waals surface area (Å²) < 4.78 is 37.2. The molecule has 0 radical (unpaired) electrons. The molecule has 22 heavy (non-hydrogen) atoms. The Morgan fingerprint density at radius 3 is 2.64 bits per heavy atom. The fourth-order valence-corrected chi connectivity index (χ4v) is 2.21. The van der Waals surface area contributed by atoms with E-state index in [0.717, 1.165) is 29.7 Å². The van der Waals surface area contributed by atoms with E-state index in [4.69, 9.17) is 0 Å². The van der Waals surface area contributed by atoms with Crippen LogP contribution >= 0.6 is 11.8 Å². The molecule has 1 amide bonds. The molecule has 0 saturated carbocycles. The van der Waals surface area contributed by atoms with E-state index in [1.165, 1.54) is 6.07 Å². The van der Waals surface area contributed by atoms with Gasteiger partial charge < -0.3 is 5.32 Å². The van der Waals surface area contributed by atoms with Gasteiger partial charge >= 0.3 is 6.18 Å². The maximum absolute atomic E-state index is 12.4. The first-order valence-electron chi connectivity index (χ1n) is 6.24. The molecule has 0 unspecified atom stereocenters. The van der Waals surface area contributed by atoms with Gasteiger partial charge in [0, 0.05) is 11.9 Å². The first-order chi connectivity index (χ1) is 10.3. The van der Waals surface area contributed by atoms with E-state index in [1.54, 1.807) is 25.1 Å². The van der Waals surface area contributed by atoms with Crippen molar-refractivity contribution < 1.29 is 18.0 Å². The predicted octanol–water partition coefficient (Wildman–Crippen LogP) is 3.53. The highest BCUT2D eigenvalue weighted by atomic mass is 32.2. The topological polar surface area (TPSA) is 54.9 Å². The zero-order chi connectivity index (χ0) is 16.2. The predicted molar refractivity (Wildman–Crippen MR) is 77.6 cm³/mol. The lowest BCUT2D eigenvalue weighted by Crippen LogP contribution is -2.15. The average Bonchev–Trinajstić information content (AvgIpc) is 2.45. The number of hydrogen-bond acceptors (Lipinski definition) is 4. The number of carbonyl (C=O) groups excluding carboxylic acids is 1. The number of nitrogens with zero attached hydrogens (tertiary/aromatic N) is 2. The zero-order valence-electron chi connectivity index (χ0n) is 11.5. The Labute approximate surface area is 129 Å². The van der Waals surface area contributed by atoms with Gasteiger partial charge in [0.25, 0.3) is 0 Å². The third-order valence-electron chi connectivity index (χ3n) is 2.57. The first kappa shape index (κ1) is 16.3. The van der Waals surface area contributed by atoms with Crippen LogP contribution in [0.15, 0.2) is 41.6 Å². The van der Waals surface area contributed by atoms with E-state index in [-0.39, 0.29) is 11.7 Å². The summed E-state index contributed by atoms with van der Waals surface area (Å²) in [4.78, 5) is 19.6. The number of alkyl halides is 3. The quantitative estimate of drug-likeness (QED) is 0.873. The summed E-state index contributed by atoms with van der Waals surface area (Å²) in [5.74, 6) is 0.171. The standard InChI is InChI=1S/C14H12F3N3OS/c1-9-3-2-4-11(19-9)20-12(21)8-22-13-6-5-10(7-18-13)14(15,16)17/h2-7H,8H2,1H3,(H,19,20,21). The molecule has 0 aromatic carbocycles. The summed E-state index contributed by atoms with van der Waals surface area (Å²) in [5, 5.41) is 2.96. The largest absolute Gasteiger partial charge is 0.417 e. The van der Waals surface area contributed by atoms with E-state index in [2.05, 4.69) is 15.3 Å². The molecule has 8 heteroatoms. The number of amides is 1. The van der Waals surface area contributed by atoms with Crippen molar-refractivity contribution in [1.82, 2.24) is 9.97 Å². The summed E-state index contributed by atoms with van der Waals surface area (Å²) in [6.45, 7) is 1.80. The summed E-state index contributed by atoms with van der Waals surface area (Å²) in [5.41, 5.74) is -0.0416. The van der Waals surface area contributed by atoms with Crippen molar-refractivity contribution in [3.8, 4) is 0 Å². The number of pyridine rings is 2. The molecule has 2 rings (SSSR count). The second-order valence-electron chi connectivity index (χ2n) is 4.38. The lowest BCUT2D eigenvalue weighted by atomic mass is 10.3. The third kappa shape index (κ3) is 4.73. The van der Waals surface area contributed by atoms with Crippen molar-refractivity contribution in [3.63, 3.8) is 0 Å². The fourth-order valence-electron chi connectivity index (χ4n) is 1.56. The maximum Gasteiger partial charge on any atom is 0.417 e. The van der Waals surface area contributed by atoms with Crippen LogP contribution in [0.2, 0.25) is 0 Å². The van der Waals surface area contributed by atoms with Crippen molar-refractivity contribution >= 4 is 23.5 Å². The minimum Gasteiger partial charge on any atom is -0.310 e. The molecule has 0 aliphatic heterocycles. The fraction of sp³-hybridized carbons (Fsp3) is 0.214. The van der Waals surface area contributed by atoms with Crippen LogP contribution in [0.1, 0.15) is 11.3 Å². The molecule has 0 aliphatic rings. The van der Waals surface area contributed by atoms with Crippen LogP contribution in [0.25, 0.3) is 0 Å². The molecular weight excluding hydrogens is 315 g/mol. The van der Waals surface area contributed by atoms with Crippen LogP contribution in [0, 0.1) is 6.92 Å². The molecule has 2 aromatic rings. The Kier molecular flexibility index (Phi) is 5.02. The molecule has 2 aromatic heterocycles. The van der Waals surface area contributed by atoms with Gasteiger partial charge in [-0.1, -0.05) is 17.8 Å². The number of rotatable bonds is 4. The van der Waals surface area contributed by atoms with Crippen LogP contribution < -0.4 is 5.32 Å². The van der Waals surface area contributed by atoms with Crippen molar-refractivity contribution in [1.29, 1.82) is 0 Å². The minimum atomic E-state index is -4.41. The molecule has 0 saturated heterocycles. The Hall–Kier alpha value is -2.09. The summed E-state index contributed by atoms with van der Waals surface area (Å²) in [6.07, 6.45) is -3.66. The van der Waals surface area contributed by atoms with Crippen LogP contribution in [0.4, 0.5) is 19.0 Å². The number of aromatic nitrogens is 2. The van der Waals surface area contributed by atoms with E-state index in [9.17, 15) is 18.0 Å². The van der Waals surface area contributed by atoms with Crippen molar-refractivity contribution in [2.75, 3.05) is 11.1 Å². The normalized spacial score (nSPS) is 11.3. The van der Waals surface area contributed by atoms with Gasteiger partial charge in [0.2, 0.25) is 5.91 Å². The molecule has 1 N–H and O–H groups in total. The Morgan fingerprint density at radius 1 is 1.27 bits per heavy atom. The minimum absolute atomic E-state index is 0.0357. The number of hydrogen-bond donors (Lipinski definition) is 1. The summed E-state index contributed by atoms with van der Waals surface area (Å²) in [7, 11) is 0. The van der Waals surface area contributed by atoms with Crippen LogP contribution in [-0.2, 0) is 11.0 Å². The highest BCUT2D eigenvalue weighted by molar-refractivity contribution is 7.99. The van der Waals surface area contributed by atoms with Crippen molar-refractivity contribution in [2.45, 2.75) is 18.1 Å².